The molecule has 1 unspecified atom stereocenters. The molecule has 1 aliphatic carbocycles. The van der Waals surface area contributed by atoms with Gasteiger partial charge in [-0.25, -0.2) is 13.1 Å². The quantitative estimate of drug-likeness (QED) is 0.806. The molecular formula is C16H18Cl2N2O2S. The first-order chi connectivity index (χ1) is 10.5. The highest BCUT2D eigenvalue weighted by molar-refractivity contribution is 7.89. The van der Waals surface area contributed by atoms with Crippen molar-refractivity contribution < 1.29 is 8.42 Å². The zero-order valence-corrected chi connectivity index (χ0v) is 14.7. The molecule has 3 N–H and O–H groups in total. The van der Waals surface area contributed by atoms with Crippen LogP contribution in [0.25, 0.3) is 0 Å². The molecule has 0 fully saturated rings. The van der Waals surface area contributed by atoms with Crippen molar-refractivity contribution in [2.75, 3.05) is 5.73 Å². The molecule has 1 aliphatic rings. The predicted octanol–water partition coefficient (Wildman–Crippen LogP) is 3.70. The van der Waals surface area contributed by atoms with Gasteiger partial charge in [0.1, 0.15) is 4.90 Å². The summed E-state index contributed by atoms with van der Waals surface area (Å²) < 4.78 is 27.9. The van der Waals surface area contributed by atoms with Crippen molar-refractivity contribution in [2.45, 2.75) is 30.2 Å². The van der Waals surface area contributed by atoms with Crippen LogP contribution in [0, 0.1) is 0 Å². The van der Waals surface area contributed by atoms with Crippen molar-refractivity contribution in [1.29, 1.82) is 0 Å². The minimum absolute atomic E-state index is 0. The number of anilines is 1. The molecule has 0 radical (unpaired) electrons. The van der Waals surface area contributed by atoms with Gasteiger partial charge in [0.05, 0.1) is 5.02 Å². The Balaban J connectivity index is 0.00000192. The van der Waals surface area contributed by atoms with Crippen LogP contribution >= 0.6 is 24.0 Å². The normalized spacial score (nSPS) is 17.2. The number of hydrogen-bond acceptors (Lipinski definition) is 3. The van der Waals surface area contributed by atoms with Gasteiger partial charge in [-0.15, -0.1) is 12.4 Å². The monoisotopic (exact) mass is 372 g/mol. The number of hydrogen-bond donors (Lipinski definition) is 2. The second kappa shape index (κ2) is 7.09. The van der Waals surface area contributed by atoms with Gasteiger partial charge in [0.15, 0.2) is 0 Å². The zero-order chi connectivity index (χ0) is 15.7. The number of rotatable bonds is 3. The largest absolute Gasteiger partial charge is 0.399 e. The Kier molecular flexibility index (Phi) is 5.57. The number of fused-ring (bicyclic) bond motifs is 1. The van der Waals surface area contributed by atoms with Crippen LogP contribution < -0.4 is 10.5 Å². The number of nitrogen functional groups attached to an aromatic ring is 1. The van der Waals surface area contributed by atoms with E-state index in [-0.39, 0.29) is 28.4 Å². The Labute approximate surface area is 147 Å². The van der Waals surface area contributed by atoms with Crippen LogP contribution in [0.15, 0.2) is 47.4 Å². The number of nitrogens with two attached hydrogens (primary N) is 1. The first kappa shape index (κ1) is 18.1. The average molecular weight is 373 g/mol. The predicted molar refractivity (Wildman–Crippen MR) is 95.6 cm³/mol. The summed E-state index contributed by atoms with van der Waals surface area (Å²) in [5, 5.41) is 0.225. The maximum atomic E-state index is 12.6. The fourth-order valence-corrected chi connectivity index (χ4v) is 4.64. The van der Waals surface area contributed by atoms with E-state index in [1.807, 2.05) is 12.1 Å². The van der Waals surface area contributed by atoms with Crippen molar-refractivity contribution in [3.63, 3.8) is 0 Å². The van der Waals surface area contributed by atoms with Crippen LogP contribution in [0.1, 0.15) is 30.0 Å². The number of sulfonamides is 1. The molecule has 0 aromatic heterocycles. The molecule has 23 heavy (non-hydrogen) atoms. The van der Waals surface area contributed by atoms with Crippen LogP contribution in [0.4, 0.5) is 5.69 Å². The lowest BCUT2D eigenvalue weighted by Gasteiger charge is -2.26. The lowest BCUT2D eigenvalue weighted by atomic mass is 9.88. The fraction of sp³-hybridized carbons (Fsp3) is 0.250. The average Bonchev–Trinajstić information content (AvgIpc) is 2.47. The Morgan fingerprint density at radius 1 is 1.17 bits per heavy atom. The van der Waals surface area contributed by atoms with Gasteiger partial charge in [0.25, 0.3) is 0 Å². The number of halogens is 2. The summed E-state index contributed by atoms with van der Waals surface area (Å²) in [5.74, 6) is 0. The Bertz CT molecular complexity index is 809. The maximum Gasteiger partial charge on any atom is 0.242 e. The van der Waals surface area contributed by atoms with Crippen LogP contribution in [-0.2, 0) is 16.4 Å². The molecule has 0 spiro atoms. The molecule has 3 rings (SSSR count). The van der Waals surface area contributed by atoms with Gasteiger partial charge in [0.2, 0.25) is 10.0 Å². The third kappa shape index (κ3) is 3.80. The molecule has 7 heteroatoms. The summed E-state index contributed by atoms with van der Waals surface area (Å²) in [4.78, 5) is 0.110. The first-order valence-electron chi connectivity index (χ1n) is 7.12. The standard InChI is InChI=1S/C16H17ClN2O2S.ClH/c17-14-5-1-2-7-16(14)22(20,21)19-15-6-3-4-11-10-12(18)8-9-13(11)15;/h1-2,5,7-10,15,19H,3-4,6,18H2;1H. The van der Waals surface area contributed by atoms with E-state index in [1.54, 1.807) is 24.3 Å². The van der Waals surface area contributed by atoms with E-state index in [2.05, 4.69) is 4.72 Å². The van der Waals surface area contributed by atoms with E-state index in [1.165, 1.54) is 6.07 Å². The van der Waals surface area contributed by atoms with Crippen LogP contribution in [-0.4, -0.2) is 8.42 Å². The Hall–Kier alpha value is -1.27. The van der Waals surface area contributed by atoms with Gasteiger partial charge in [-0.05, 0) is 54.7 Å². The summed E-state index contributed by atoms with van der Waals surface area (Å²) in [6.45, 7) is 0. The highest BCUT2D eigenvalue weighted by atomic mass is 35.5. The highest BCUT2D eigenvalue weighted by Crippen LogP contribution is 2.32. The molecule has 0 heterocycles. The first-order valence-corrected chi connectivity index (χ1v) is 8.98. The van der Waals surface area contributed by atoms with E-state index in [0.717, 1.165) is 30.4 Å². The summed E-state index contributed by atoms with van der Waals surface area (Å²) in [6.07, 6.45) is 2.61. The minimum Gasteiger partial charge on any atom is -0.399 e. The third-order valence-electron chi connectivity index (χ3n) is 3.90. The van der Waals surface area contributed by atoms with Crippen molar-refractivity contribution in [3.8, 4) is 0 Å². The third-order valence-corrected chi connectivity index (χ3v) is 5.88. The summed E-state index contributed by atoms with van der Waals surface area (Å²) in [5.41, 5.74) is 8.62. The van der Waals surface area contributed by atoms with E-state index in [9.17, 15) is 8.42 Å². The number of aryl methyl sites for hydroxylation is 1. The smallest absolute Gasteiger partial charge is 0.242 e. The molecule has 0 amide bonds. The lowest BCUT2D eigenvalue weighted by molar-refractivity contribution is 0.507. The lowest BCUT2D eigenvalue weighted by Crippen LogP contribution is -2.31. The van der Waals surface area contributed by atoms with Crippen LogP contribution in [0.3, 0.4) is 0 Å². The summed E-state index contributed by atoms with van der Waals surface area (Å²) >= 11 is 6.01. The SMILES string of the molecule is Cl.Nc1ccc2c(c1)CCCC2NS(=O)(=O)c1ccccc1Cl. The molecule has 124 valence electrons. The van der Waals surface area contributed by atoms with Gasteiger partial charge in [0, 0.05) is 11.7 Å². The van der Waals surface area contributed by atoms with Gasteiger partial charge < -0.3 is 5.73 Å². The van der Waals surface area contributed by atoms with Crippen LogP contribution in [0.2, 0.25) is 5.02 Å². The Morgan fingerprint density at radius 2 is 1.91 bits per heavy atom. The highest BCUT2D eigenvalue weighted by Gasteiger charge is 2.26. The molecular weight excluding hydrogens is 355 g/mol. The van der Waals surface area contributed by atoms with Crippen molar-refractivity contribution in [2.24, 2.45) is 0 Å². The number of benzene rings is 2. The zero-order valence-electron chi connectivity index (χ0n) is 12.3. The van der Waals surface area contributed by atoms with E-state index in [4.69, 9.17) is 17.3 Å². The van der Waals surface area contributed by atoms with Crippen molar-refractivity contribution in [1.82, 2.24) is 4.72 Å². The molecule has 1 atom stereocenters. The second-order valence-corrected chi connectivity index (χ2v) is 7.54. The Morgan fingerprint density at radius 3 is 2.65 bits per heavy atom. The minimum atomic E-state index is -3.66. The van der Waals surface area contributed by atoms with Crippen LogP contribution in [0.5, 0.6) is 0 Å². The van der Waals surface area contributed by atoms with Gasteiger partial charge in [-0.2, -0.15) is 0 Å². The van der Waals surface area contributed by atoms with Crippen molar-refractivity contribution in [3.05, 3.63) is 58.6 Å². The second-order valence-electron chi connectivity index (χ2n) is 5.45. The summed E-state index contributed by atoms with van der Waals surface area (Å²) in [7, 11) is -3.66. The maximum absolute atomic E-state index is 12.6. The molecule has 0 saturated heterocycles. The molecule has 0 bridgehead atoms. The van der Waals surface area contributed by atoms with E-state index in [0.29, 0.717) is 5.69 Å². The fourth-order valence-electron chi connectivity index (χ4n) is 2.87. The molecule has 2 aromatic carbocycles. The van der Waals surface area contributed by atoms with Gasteiger partial charge >= 0.3 is 0 Å². The molecule has 4 nitrogen and oxygen atoms in total. The summed E-state index contributed by atoms with van der Waals surface area (Å²) in [6, 6.07) is 11.8. The van der Waals surface area contributed by atoms with Gasteiger partial charge in [-0.1, -0.05) is 29.8 Å². The van der Waals surface area contributed by atoms with Gasteiger partial charge in [-0.3, -0.25) is 0 Å². The van der Waals surface area contributed by atoms with Crippen molar-refractivity contribution >= 4 is 39.7 Å². The molecule has 0 aliphatic heterocycles. The number of nitrogens with one attached hydrogen (secondary N) is 1. The van der Waals surface area contributed by atoms with E-state index >= 15 is 0 Å². The molecule has 0 saturated carbocycles. The van der Waals surface area contributed by atoms with E-state index < -0.39 is 10.0 Å². The molecule has 2 aromatic rings. The topological polar surface area (TPSA) is 72.2 Å².